The molecule has 2 unspecified atom stereocenters. The van der Waals surface area contributed by atoms with Crippen LogP contribution < -0.4 is 14.5 Å². The summed E-state index contributed by atoms with van der Waals surface area (Å²) in [5.74, 6) is 0.156. The smallest absolute Gasteiger partial charge is 0.318 e. The van der Waals surface area contributed by atoms with Gasteiger partial charge in [-0.05, 0) is 62.7 Å². The third kappa shape index (κ3) is 4.03. The van der Waals surface area contributed by atoms with Crippen LogP contribution in [0.4, 0.5) is 15.9 Å². The van der Waals surface area contributed by atoms with Gasteiger partial charge in [-0.15, -0.1) is 0 Å². The molecule has 2 aromatic carbocycles. The van der Waals surface area contributed by atoms with Crippen LogP contribution in [-0.4, -0.2) is 71.3 Å². The molecule has 41 heavy (non-hydrogen) atoms. The number of Topliss-reactive ketones (excluding diaryl/α,β-unsaturated/α-hetero) is 2. The minimum Gasteiger partial charge on any atom is -0.461 e. The first kappa shape index (κ1) is 25.1. The average molecular weight is 556 g/mol. The van der Waals surface area contributed by atoms with Crippen LogP contribution in [0.25, 0.3) is 10.8 Å². The summed E-state index contributed by atoms with van der Waals surface area (Å²) < 4.78 is 21.4. The van der Waals surface area contributed by atoms with Crippen molar-refractivity contribution in [3.05, 3.63) is 53.5 Å². The monoisotopic (exact) mass is 555 g/mol. The van der Waals surface area contributed by atoms with Gasteiger partial charge >= 0.3 is 6.01 Å². The largest absolute Gasteiger partial charge is 0.461 e. The molecular weight excluding hydrogens is 521 g/mol. The molecule has 212 valence electrons. The van der Waals surface area contributed by atoms with Gasteiger partial charge in [0, 0.05) is 48.1 Å². The van der Waals surface area contributed by atoms with Gasteiger partial charge in [-0.25, -0.2) is 4.39 Å². The second kappa shape index (κ2) is 9.48. The minimum absolute atomic E-state index is 0.0488. The maximum Gasteiger partial charge on any atom is 0.318 e. The van der Waals surface area contributed by atoms with Gasteiger partial charge in [0.05, 0.1) is 24.2 Å². The summed E-state index contributed by atoms with van der Waals surface area (Å²) in [5, 5.41) is 1.49. The Kier molecular flexibility index (Phi) is 5.81. The van der Waals surface area contributed by atoms with E-state index >= 15 is 4.39 Å². The highest BCUT2D eigenvalue weighted by molar-refractivity contribution is 6.09. The van der Waals surface area contributed by atoms with Crippen LogP contribution >= 0.6 is 0 Å². The molecule has 3 saturated heterocycles. The summed E-state index contributed by atoms with van der Waals surface area (Å²) in [4.78, 5) is 41.8. The molecule has 1 aromatic heterocycles. The molecule has 1 saturated carbocycles. The fourth-order valence-electron chi connectivity index (χ4n) is 8.18. The lowest BCUT2D eigenvalue weighted by Gasteiger charge is -2.34. The second-order valence-corrected chi connectivity index (χ2v) is 12.5. The molecule has 8 nitrogen and oxygen atoms in total. The molecule has 0 bridgehead atoms. The Labute approximate surface area is 238 Å². The summed E-state index contributed by atoms with van der Waals surface area (Å²) in [6, 6.07) is 11.4. The summed E-state index contributed by atoms with van der Waals surface area (Å²) in [6.07, 6.45) is 5.38. The Morgan fingerprint density at radius 2 is 1.66 bits per heavy atom. The summed E-state index contributed by atoms with van der Waals surface area (Å²) in [7, 11) is 0. The van der Waals surface area contributed by atoms with E-state index in [1.165, 1.54) is 18.9 Å². The maximum absolute atomic E-state index is 15.0. The molecular formula is C32H34FN5O3. The van der Waals surface area contributed by atoms with Crippen molar-refractivity contribution in [1.82, 2.24) is 14.9 Å². The lowest BCUT2D eigenvalue weighted by atomic mass is 9.95. The van der Waals surface area contributed by atoms with Crippen LogP contribution in [-0.2, 0) is 22.6 Å². The number of hydrogen-bond acceptors (Lipinski definition) is 8. The zero-order valence-corrected chi connectivity index (χ0v) is 23.1. The highest BCUT2D eigenvalue weighted by Gasteiger charge is 2.49. The summed E-state index contributed by atoms with van der Waals surface area (Å²) in [5.41, 5.74) is 2.82. The number of benzene rings is 2. The molecule has 5 aliphatic rings. The van der Waals surface area contributed by atoms with E-state index in [1.807, 2.05) is 24.3 Å². The quantitative estimate of drug-likeness (QED) is 0.439. The number of anilines is 2. The Bertz CT molecular complexity index is 1540. The Hall–Kier alpha value is -3.59. The van der Waals surface area contributed by atoms with Crippen LogP contribution in [0.15, 0.2) is 36.4 Å². The van der Waals surface area contributed by atoms with E-state index in [0.29, 0.717) is 50.6 Å². The third-order valence-corrected chi connectivity index (χ3v) is 10.3. The van der Waals surface area contributed by atoms with Crippen molar-refractivity contribution in [3.63, 3.8) is 0 Å². The molecule has 0 amide bonds. The molecule has 2 atom stereocenters. The first-order valence-electron chi connectivity index (χ1n) is 15.0. The van der Waals surface area contributed by atoms with E-state index < -0.39 is 0 Å². The number of ketones is 2. The van der Waals surface area contributed by atoms with Crippen molar-refractivity contribution in [1.29, 1.82) is 0 Å². The molecule has 0 N–H and O–H groups in total. The van der Waals surface area contributed by atoms with Crippen LogP contribution in [0.2, 0.25) is 0 Å². The van der Waals surface area contributed by atoms with Crippen LogP contribution in [0.5, 0.6) is 6.01 Å². The van der Waals surface area contributed by atoms with Gasteiger partial charge in [0.15, 0.2) is 0 Å². The maximum atomic E-state index is 15.0. The van der Waals surface area contributed by atoms with E-state index in [1.54, 1.807) is 6.07 Å². The standard InChI is InChI=1S/C32H34FN5O3/c33-24-7-1-5-20-6-2-8-26(29(20)24)36-14-9-21-25(18-36)34-31(41-19-32-10-3-12-38(32)13-4-11-32)35-30(21)37-16-22-23(17-37)28(40)15-27(22)39/h1-2,5-8,22-23H,3-4,9-19H2. The molecule has 0 radical (unpaired) electrons. The lowest BCUT2D eigenvalue weighted by Crippen LogP contribution is -2.43. The molecule has 4 fully saturated rings. The SMILES string of the molecule is O=C1CC(=O)C2CN(c3nc(OCC45CCCN4CCC5)nc4c3CCN(c3cccc5cccc(F)c35)C4)CC12. The number of aromatic nitrogens is 2. The number of halogens is 1. The van der Waals surface area contributed by atoms with Gasteiger partial charge in [-0.1, -0.05) is 24.3 Å². The van der Waals surface area contributed by atoms with E-state index in [0.717, 1.165) is 54.1 Å². The van der Waals surface area contributed by atoms with Gasteiger partial charge in [0.1, 0.15) is 29.8 Å². The number of carbonyl (C=O) groups is 2. The molecule has 0 spiro atoms. The molecule has 9 heteroatoms. The Morgan fingerprint density at radius 1 is 0.927 bits per heavy atom. The van der Waals surface area contributed by atoms with Crippen molar-refractivity contribution in [2.24, 2.45) is 11.8 Å². The first-order valence-corrected chi connectivity index (χ1v) is 15.0. The number of rotatable bonds is 5. The number of hydrogen-bond donors (Lipinski definition) is 0. The molecule has 3 aromatic rings. The van der Waals surface area contributed by atoms with E-state index in [4.69, 9.17) is 14.7 Å². The predicted octanol–water partition coefficient (Wildman–Crippen LogP) is 3.93. The van der Waals surface area contributed by atoms with Gasteiger partial charge in [0.2, 0.25) is 0 Å². The second-order valence-electron chi connectivity index (χ2n) is 12.5. The van der Waals surface area contributed by atoms with E-state index in [-0.39, 0.29) is 41.2 Å². The van der Waals surface area contributed by atoms with Crippen molar-refractivity contribution >= 4 is 33.8 Å². The van der Waals surface area contributed by atoms with Gasteiger partial charge in [-0.2, -0.15) is 9.97 Å². The molecule has 5 heterocycles. The van der Waals surface area contributed by atoms with Crippen molar-refractivity contribution in [2.75, 3.05) is 49.1 Å². The predicted molar refractivity (Wildman–Crippen MR) is 153 cm³/mol. The molecule has 4 aliphatic heterocycles. The zero-order chi connectivity index (χ0) is 27.7. The van der Waals surface area contributed by atoms with Crippen molar-refractivity contribution in [2.45, 2.75) is 50.6 Å². The first-order chi connectivity index (χ1) is 20.0. The Morgan fingerprint density at radius 3 is 2.41 bits per heavy atom. The highest BCUT2D eigenvalue weighted by Crippen LogP contribution is 2.41. The van der Waals surface area contributed by atoms with Gasteiger partial charge < -0.3 is 14.5 Å². The third-order valence-electron chi connectivity index (χ3n) is 10.3. The van der Waals surface area contributed by atoms with Gasteiger partial charge in [-0.3, -0.25) is 14.5 Å². The number of carbonyl (C=O) groups excluding carboxylic acids is 2. The Balaban J connectivity index is 1.15. The highest BCUT2D eigenvalue weighted by atomic mass is 19.1. The van der Waals surface area contributed by atoms with E-state index in [9.17, 15) is 9.59 Å². The number of nitrogens with zero attached hydrogens (tertiary/aromatic N) is 5. The number of ether oxygens (including phenoxy) is 1. The molecule has 1 aliphatic carbocycles. The summed E-state index contributed by atoms with van der Waals surface area (Å²) >= 11 is 0. The number of fused-ring (bicyclic) bond motifs is 4. The van der Waals surface area contributed by atoms with Crippen LogP contribution in [0.1, 0.15) is 43.4 Å². The topological polar surface area (TPSA) is 78.9 Å². The fraction of sp³-hybridized carbons (Fsp3) is 0.500. The minimum atomic E-state index is -0.249. The average Bonchev–Trinajstić information content (AvgIpc) is 3.74. The van der Waals surface area contributed by atoms with Crippen molar-refractivity contribution < 1.29 is 18.7 Å². The zero-order valence-electron chi connectivity index (χ0n) is 23.1. The van der Waals surface area contributed by atoms with Crippen molar-refractivity contribution in [3.8, 4) is 6.01 Å². The normalized spacial score (nSPS) is 25.2. The molecule has 8 rings (SSSR count). The van der Waals surface area contributed by atoms with Crippen LogP contribution in [0, 0.1) is 17.7 Å². The van der Waals surface area contributed by atoms with Crippen LogP contribution in [0.3, 0.4) is 0 Å². The lowest BCUT2D eigenvalue weighted by molar-refractivity contribution is -0.123. The fourth-order valence-corrected chi connectivity index (χ4v) is 8.18. The van der Waals surface area contributed by atoms with E-state index in [2.05, 4.69) is 14.7 Å². The van der Waals surface area contributed by atoms with Gasteiger partial charge in [0.25, 0.3) is 0 Å². The summed E-state index contributed by atoms with van der Waals surface area (Å²) in [6.45, 7) is 5.01.